The molecule has 0 saturated heterocycles. The fraction of sp³-hybridized carbons (Fsp3) is 0.515. The van der Waals surface area contributed by atoms with Crippen molar-refractivity contribution in [2.24, 2.45) is 0 Å². The molecule has 264 valence electrons. The van der Waals surface area contributed by atoms with E-state index in [0.29, 0.717) is 37.6 Å². The number of hydrogen-bond acceptors (Lipinski definition) is 14. The number of anilines is 1. The fourth-order valence-electron chi connectivity index (χ4n) is 5.17. The minimum absolute atomic E-state index is 0.0573. The van der Waals surface area contributed by atoms with Crippen molar-refractivity contribution in [3.8, 4) is 5.75 Å². The van der Waals surface area contributed by atoms with E-state index < -0.39 is 34.6 Å². The summed E-state index contributed by atoms with van der Waals surface area (Å²) in [6, 6.07) is 4.35. The molecule has 1 saturated carbocycles. The Morgan fingerprint density at radius 3 is 1.73 bits per heavy atom. The standard InChI is InChI=1S/C33H44N2O13/c36-9-17-45-13-5-34(6-14-46-18-10-37)23-1-3-25(27(40)21-23)29-31(42)30(33(44)32(29)43)26-4-2-24(22-28(26)41)35(7-15-47-19-11-38)8-16-48-20-12-39/h1-4,21-22,29,36-40H,5-20H2/p+1/b30-26-. The molecule has 2 aliphatic carbocycles. The number of phenols is 1. The van der Waals surface area contributed by atoms with Crippen molar-refractivity contribution in [3.05, 3.63) is 58.9 Å². The van der Waals surface area contributed by atoms with Crippen molar-refractivity contribution in [1.82, 2.24) is 0 Å². The van der Waals surface area contributed by atoms with Crippen LogP contribution < -0.4 is 4.90 Å². The van der Waals surface area contributed by atoms with Crippen LogP contribution in [0.5, 0.6) is 5.75 Å². The molecule has 2 aliphatic rings. The lowest BCUT2D eigenvalue weighted by molar-refractivity contribution is -0.532. The maximum absolute atomic E-state index is 13.6. The molecule has 1 atom stereocenters. The van der Waals surface area contributed by atoms with E-state index in [4.69, 9.17) is 39.4 Å². The van der Waals surface area contributed by atoms with Crippen LogP contribution >= 0.6 is 0 Å². The molecule has 0 amide bonds. The van der Waals surface area contributed by atoms with Gasteiger partial charge in [-0.1, -0.05) is 6.07 Å². The minimum atomic E-state index is -1.60. The number of phenolic OH excluding ortho intramolecular Hbond substituents is 1. The Labute approximate surface area is 278 Å². The molecule has 0 radical (unpaired) electrons. The van der Waals surface area contributed by atoms with Gasteiger partial charge in [-0.2, -0.15) is 0 Å². The maximum atomic E-state index is 13.6. The Balaban J connectivity index is 1.86. The summed E-state index contributed by atoms with van der Waals surface area (Å²) in [5.41, 5.74) is 0.374. The SMILES string of the molecule is O=C1C(=O)C(c2ccc(N(CCOCCO)CCOCCO)cc2O)C(=O)/C1=C1\C=CC(=[N+](CCOCCO)CCOCCO)C=C1O. The summed E-state index contributed by atoms with van der Waals surface area (Å²) in [7, 11) is 0. The number of aromatic hydroxyl groups is 1. The van der Waals surface area contributed by atoms with Gasteiger partial charge in [0.15, 0.2) is 18.9 Å². The van der Waals surface area contributed by atoms with Crippen LogP contribution in [-0.4, -0.2) is 164 Å². The van der Waals surface area contributed by atoms with Crippen molar-refractivity contribution >= 4 is 28.7 Å². The predicted octanol–water partition coefficient (Wildman–Crippen LogP) is -1.20. The van der Waals surface area contributed by atoms with E-state index in [0.717, 1.165) is 0 Å². The number of Topliss-reactive ketones (excluding diaryl/α,β-unsaturated/α-hetero) is 3. The summed E-state index contributed by atoms with van der Waals surface area (Å²) in [5.74, 6) is -5.35. The molecule has 15 nitrogen and oxygen atoms in total. The number of carbonyl (C=O) groups excluding carboxylic acids is 3. The van der Waals surface area contributed by atoms with Crippen LogP contribution in [0.4, 0.5) is 5.69 Å². The molecule has 3 rings (SSSR count). The number of aliphatic hydroxyl groups is 5. The molecule has 15 heteroatoms. The summed E-state index contributed by atoms with van der Waals surface area (Å²) in [4.78, 5) is 41.7. The molecule has 48 heavy (non-hydrogen) atoms. The molecule has 0 heterocycles. The van der Waals surface area contributed by atoms with E-state index in [1.165, 1.54) is 24.3 Å². The zero-order valence-electron chi connectivity index (χ0n) is 26.8. The van der Waals surface area contributed by atoms with Gasteiger partial charge in [0.25, 0.3) is 0 Å². The van der Waals surface area contributed by atoms with Gasteiger partial charge in [-0.25, -0.2) is 4.58 Å². The van der Waals surface area contributed by atoms with Crippen molar-refractivity contribution in [2.75, 3.05) is 110 Å². The molecular formula is C33H45N2O13+. The van der Waals surface area contributed by atoms with Gasteiger partial charge in [0.1, 0.15) is 30.6 Å². The predicted molar refractivity (Wildman–Crippen MR) is 172 cm³/mol. The number of hydrogen-bond donors (Lipinski definition) is 6. The second-order valence-corrected chi connectivity index (χ2v) is 10.6. The number of aliphatic hydroxyl groups excluding tert-OH is 5. The normalized spacial score (nSPS) is 17.8. The number of nitrogens with zero attached hydrogens (tertiary/aromatic N) is 2. The van der Waals surface area contributed by atoms with Gasteiger partial charge in [-0.05, 0) is 12.1 Å². The first-order valence-electron chi connectivity index (χ1n) is 15.7. The van der Waals surface area contributed by atoms with Crippen LogP contribution in [0.1, 0.15) is 11.5 Å². The first kappa shape index (κ1) is 38.6. The van der Waals surface area contributed by atoms with Gasteiger partial charge in [0.05, 0.1) is 77.7 Å². The summed E-state index contributed by atoms with van der Waals surface area (Å²) in [5, 5.41) is 57.8. The average molecular weight is 678 g/mol. The first-order valence-corrected chi connectivity index (χ1v) is 15.7. The van der Waals surface area contributed by atoms with E-state index in [9.17, 15) is 24.6 Å². The van der Waals surface area contributed by atoms with E-state index in [1.54, 1.807) is 12.1 Å². The highest BCUT2D eigenvalue weighted by atomic mass is 16.5. The van der Waals surface area contributed by atoms with Crippen LogP contribution in [0.2, 0.25) is 0 Å². The highest BCUT2D eigenvalue weighted by Gasteiger charge is 2.48. The van der Waals surface area contributed by atoms with Crippen LogP contribution in [0.3, 0.4) is 0 Å². The van der Waals surface area contributed by atoms with Crippen molar-refractivity contribution in [3.63, 3.8) is 0 Å². The minimum Gasteiger partial charge on any atom is -0.508 e. The van der Waals surface area contributed by atoms with Crippen LogP contribution in [-0.2, 0) is 33.3 Å². The number of carbonyl (C=O) groups is 3. The third-order valence-corrected chi connectivity index (χ3v) is 7.49. The maximum Gasteiger partial charge on any atom is 0.234 e. The van der Waals surface area contributed by atoms with Gasteiger partial charge < -0.3 is 54.5 Å². The van der Waals surface area contributed by atoms with E-state index in [1.807, 2.05) is 9.48 Å². The van der Waals surface area contributed by atoms with Crippen LogP contribution in [0, 0.1) is 0 Å². The van der Waals surface area contributed by atoms with Crippen LogP contribution in [0.25, 0.3) is 0 Å². The van der Waals surface area contributed by atoms with E-state index >= 15 is 0 Å². The zero-order valence-corrected chi connectivity index (χ0v) is 26.8. The Morgan fingerprint density at radius 2 is 1.23 bits per heavy atom. The second kappa shape index (κ2) is 20.5. The van der Waals surface area contributed by atoms with Crippen molar-refractivity contribution < 1.29 is 68.5 Å². The lowest BCUT2D eigenvalue weighted by atomic mass is 9.92. The quantitative estimate of drug-likeness (QED) is 0.0212. The van der Waals surface area contributed by atoms with Gasteiger partial charge in [-0.3, -0.25) is 14.4 Å². The largest absolute Gasteiger partial charge is 0.508 e. The molecule has 6 N–H and O–H groups in total. The number of ketones is 3. The number of rotatable bonds is 22. The molecule has 1 aromatic rings. The topological polar surface area (TPSA) is 216 Å². The van der Waals surface area contributed by atoms with Crippen molar-refractivity contribution in [1.29, 1.82) is 0 Å². The Morgan fingerprint density at radius 1 is 0.688 bits per heavy atom. The molecule has 0 aliphatic heterocycles. The van der Waals surface area contributed by atoms with Gasteiger partial charge in [0.2, 0.25) is 17.3 Å². The monoisotopic (exact) mass is 677 g/mol. The summed E-state index contributed by atoms with van der Waals surface area (Å²) in [6.45, 7) is 2.47. The number of allylic oxidation sites excluding steroid dienone is 4. The lowest BCUT2D eigenvalue weighted by Gasteiger charge is -2.25. The third-order valence-electron chi connectivity index (χ3n) is 7.49. The number of ether oxygens (including phenoxy) is 4. The molecular weight excluding hydrogens is 632 g/mol. The lowest BCUT2D eigenvalue weighted by Crippen LogP contribution is -2.31. The smallest absolute Gasteiger partial charge is 0.234 e. The Kier molecular flexibility index (Phi) is 16.5. The first-order chi connectivity index (χ1) is 23.3. The number of benzene rings is 1. The van der Waals surface area contributed by atoms with Crippen LogP contribution in [0.15, 0.2) is 53.3 Å². The van der Waals surface area contributed by atoms with Gasteiger partial charge in [-0.15, -0.1) is 0 Å². The molecule has 0 aromatic heterocycles. The van der Waals surface area contributed by atoms with Gasteiger partial charge in [0, 0.05) is 42.1 Å². The Hall–Kier alpha value is -3.80. The third kappa shape index (κ3) is 10.6. The highest BCUT2D eigenvalue weighted by molar-refractivity contribution is 6.61. The summed E-state index contributed by atoms with van der Waals surface area (Å²) < 4.78 is 23.2. The summed E-state index contributed by atoms with van der Waals surface area (Å²) in [6.07, 6.45) is 4.31. The average Bonchev–Trinajstić information content (AvgIpc) is 3.29. The fourth-order valence-corrected chi connectivity index (χ4v) is 5.17. The van der Waals surface area contributed by atoms with Crippen molar-refractivity contribution in [2.45, 2.75) is 5.92 Å². The summed E-state index contributed by atoms with van der Waals surface area (Å²) >= 11 is 0. The molecule has 1 unspecified atom stereocenters. The molecule has 1 aromatic carbocycles. The second-order valence-electron chi connectivity index (χ2n) is 10.6. The Bertz CT molecular complexity index is 1360. The van der Waals surface area contributed by atoms with E-state index in [2.05, 4.69) is 0 Å². The zero-order chi connectivity index (χ0) is 34.9. The highest BCUT2D eigenvalue weighted by Crippen LogP contribution is 2.39. The van der Waals surface area contributed by atoms with Gasteiger partial charge >= 0.3 is 0 Å². The molecule has 1 fully saturated rings. The molecule has 0 bridgehead atoms. The molecule has 0 spiro atoms. The van der Waals surface area contributed by atoms with E-state index in [-0.39, 0.29) is 96.2 Å².